The van der Waals surface area contributed by atoms with Crippen molar-refractivity contribution in [3.8, 4) is 0 Å². The monoisotopic (exact) mass is 270 g/mol. The molecule has 108 valence electrons. The largest absolute Gasteiger partial charge is 0.458 e. The lowest BCUT2D eigenvalue weighted by Crippen LogP contribution is -2.61. The van der Waals surface area contributed by atoms with Gasteiger partial charge in [0.25, 0.3) is 0 Å². The second kappa shape index (κ2) is 5.69. The van der Waals surface area contributed by atoms with E-state index in [9.17, 15) is 14.9 Å². The molecular weight excluding hydrogens is 248 g/mol. The molecule has 1 aliphatic heterocycles. The molecule has 0 aromatic heterocycles. The highest BCUT2D eigenvalue weighted by Crippen LogP contribution is 2.30. The van der Waals surface area contributed by atoms with Gasteiger partial charge in [0.1, 0.15) is 5.60 Å². The quantitative estimate of drug-likeness (QED) is 0.356. The van der Waals surface area contributed by atoms with Crippen molar-refractivity contribution in [3.05, 3.63) is 22.8 Å². The van der Waals surface area contributed by atoms with Crippen molar-refractivity contribution in [2.45, 2.75) is 57.2 Å². The first kappa shape index (κ1) is 15.6. The lowest BCUT2D eigenvalue weighted by Gasteiger charge is -2.32. The van der Waals surface area contributed by atoms with E-state index < -0.39 is 28.1 Å². The molecule has 1 N–H and O–H groups in total. The van der Waals surface area contributed by atoms with Crippen molar-refractivity contribution >= 4 is 5.97 Å². The van der Waals surface area contributed by atoms with Gasteiger partial charge in [-0.3, -0.25) is 15.4 Å². The molecule has 1 heterocycles. The van der Waals surface area contributed by atoms with Gasteiger partial charge < -0.3 is 4.74 Å². The van der Waals surface area contributed by atoms with E-state index in [1.807, 2.05) is 0 Å². The summed E-state index contributed by atoms with van der Waals surface area (Å²) in [7, 11) is 0. The highest BCUT2D eigenvalue weighted by Gasteiger charge is 2.55. The zero-order chi connectivity index (χ0) is 14.7. The molecule has 1 rings (SSSR count). The summed E-state index contributed by atoms with van der Waals surface area (Å²) in [6, 6.07) is -1.04. The van der Waals surface area contributed by atoms with E-state index in [4.69, 9.17) is 4.74 Å². The number of rotatable bonds is 5. The van der Waals surface area contributed by atoms with Gasteiger partial charge in [-0.15, -0.1) is 6.58 Å². The van der Waals surface area contributed by atoms with Crippen LogP contribution in [0.15, 0.2) is 12.7 Å². The number of esters is 1. The molecule has 19 heavy (non-hydrogen) atoms. The van der Waals surface area contributed by atoms with Crippen LogP contribution < -0.4 is 5.32 Å². The lowest BCUT2D eigenvalue weighted by molar-refractivity contribution is -0.531. The zero-order valence-corrected chi connectivity index (χ0v) is 11.8. The van der Waals surface area contributed by atoms with Crippen LogP contribution in [-0.4, -0.2) is 34.6 Å². The topological polar surface area (TPSA) is 81.5 Å². The minimum atomic E-state index is -1.23. The standard InChI is InChI=1S/C13H22N2O4/c1-5-7-10(15(17)18)13(8-6-9-14-13)11(16)19-12(2,3)4/h5,10,14H,1,6-9H2,2-4H3. The van der Waals surface area contributed by atoms with Gasteiger partial charge in [0.2, 0.25) is 6.04 Å². The predicted molar refractivity (Wildman–Crippen MR) is 71.4 cm³/mol. The van der Waals surface area contributed by atoms with E-state index in [0.29, 0.717) is 13.0 Å². The Bertz CT molecular complexity index is 367. The van der Waals surface area contributed by atoms with Gasteiger partial charge in [0, 0.05) is 11.3 Å². The second-order valence-electron chi connectivity index (χ2n) is 5.83. The van der Waals surface area contributed by atoms with Gasteiger partial charge in [-0.25, -0.2) is 4.79 Å². The molecule has 6 nitrogen and oxygen atoms in total. The van der Waals surface area contributed by atoms with Gasteiger partial charge in [-0.2, -0.15) is 0 Å². The number of nitro groups is 1. The fraction of sp³-hybridized carbons (Fsp3) is 0.769. The Morgan fingerprint density at radius 2 is 2.26 bits per heavy atom. The van der Waals surface area contributed by atoms with E-state index in [1.54, 1.807) is 20.8 Å². The number of hydrogen-bond acceptors (Lipinski definition) is 5. The third kappa shape index (κ3) is 3.53. The molecule has 0 aliphatic carbocycles. The highest BCUT2D eigenvalue weighted by molar-refractivity contribution is 5.82. The van der Waals surface area contributed by atoms with Crippen LogP contribution in [0, 0.1) is 10.1 Å². The van der Waals surface area contributed by atoms with Crippen LogP contribution in [0.5, 0.6) is 0 Å². The molecule has 0 saturated carbocycles. The maximum atomic E-state index is 12.4. The van der Waals surface area contributed by atoms with E-state index in [0.717, 1.165) is 6.42 Å². The Hall–Kier alpha value is -1.43. The molecule has 0 aromatic carbocycles. The van der Waals surface area contributed by atoms with Gasteiger partial charge >= 0.3 is 5.97 Å². The normalized spacial score (nSPS) is 24.8. The van der Waals surface area contributed by atoms with Crippen LogP contribution in [0.1, 0.15) is 40.0 Å². The fourth-order valence-electron chi connectivity index (χ4n) is 2.36. The minimum absolute atomic E-state index is 0.138. The van der Waals surface area contributed by atoms with E-state index in [-0.39, 0.29) is 6.42 Å². The van der Waals surface area contributed by atoms with Gasteiger partial charge in [0.05, 0.1) is 0 Å². The number of carbonyl (C=O) groups is 1. The van der Waals surface area contributed by atoms with E-state index in [1.165, 1.54) is 6.08 Å². The maximum absolute atomic E-state index is 12.4. The van der Waals surface area contributed by atoms with Gasteiger partial charge in [-0.05, 0) is 40.2 Å². The molecule has 1 fully saturated rings. The smallest absolute Gasteiger partial charge is 0.334 e. The summed E-state index contributed by atoms with van der Waals surface area (Å²) >= 11 is 0. The third-order valence-corrected chi connectivity index (χ3v) is 3.16. The number of nitrogens with zero attached hydrogens (tertiary/aromatic N) is 1. The summed E-state index contributed by atoms with van der Waals surface area (Å²) in [6.45, 7) is 9.38. The molecule has 6 heteroatoms. The molecule has 0 aromatic rings. The molecule has 0 radical (unpaired) electrons. The molecular formula is C13H22N2O4. The van der Waals surface area contributed by atoms with Crippen molar-refractivity contribution < 1.29 is 14.5 Å². The highest BCUT2D eigenvalue weighted by atomic mass is 16.6. The maximum Gasteiger partial charge on any atom is 0.334 e. The molecule has 0 amide bonds. The summed E-state index contributed by atoms with van der Waals surface area (Å²) in [5.41, 5.74) is -1.89. The van der Waals surface area contributed by atoms with Crippen molar-refractivity contribution in [1.29, 1.82) is 0 Å². The summed E-state index contributed by atoms with van der Waals surface area (Å²) in [5.74, 6) is -0.541. The molecule has 1 aliphatic rings. The molecule has 1 saturated heterocycles. The first-order chi connectivity index (χ1) is 8.73. The Kier molecular flexibility index (Phi) is 4.68. The number of ether oxygens (including phenoxy) is 1. The van der Waals surface area contributed by atoms with Gasteiger partial charge in [-0.1, -0.05) is 6.08 Å². The summed E-state index contributed by atoms with van der Waals surface area (Å²) < 4.78 is 5.36. The Morgan fingerprint density at radius 1 is 1.63 bits per heavy atom. The Labute approximate surface area is 113 Å². The van der Waals surface area contributed by atoms with E-state index >= 15 is 0 Å². The van der Waals surface area contributed by atoms with Crippen LogP contribution in [0.4, 0.5) is 0 Å². The van der Waals surface area contributed by atoms with Crippen molar-refractivity contribution in [1.82, 2.24) is 5.32 Å². The predicted octanol–water partition coefficient (Wildman–Crippen LogP) is 1.67. The molecule has 2 unspecified atom stereocenters. The Morgan fingerprint density at radius 3 is 2.63 bits per heavy atom. The second-order valence-corrected chi connectivity index (χ2v) is 5.83. The fourth-order valence-corrected chi connectivity index (χ4v) is 2.36. The van der Waals surface area contributed by atoms with Crippen LogP contribution in [0.3, 0.4) is 0 Å². The minimum Gasteiger partial charge on any atom is -0.458 e. The van der Waals surface area contributed by atoms with Crippen molar-refractivity contribution in [3.63, 3.8) is 0 Å². The average Bonchev–Trinajstić information content (AvgIpc) is 2.73. The number of hydrogen-bond donors (Lipinski definition) is 1. The average molecular weight is 270 g/mol. The summed E-state index contributed by atoms with van der Waals surface area (Å²) in [5, 5.41) is 14.3. The van der Waals surface area contributed by atoms with E-state index in [2.05, 4.69) is 11.9 Å². The SMILES string of the molecule is C=CCC([N+](=O)[O-])C1(C(=O)OC(C)(C)C)CCCN1. The van der Waals surface area contributed by atoms with Gasteiger partial charge in [0.15, 0.2) is 5.54 Å². The van der Waals surface area contributed by atoms with Crippen molar-refractivity contribution in [2.24, 2.45) is 0 Å². The zero-order valence-electron chi connectivity index (χ0n) is 11.8. The Balaban J connectivity index is 3.05. The van der Waals surface area contributed by atoms with Crippen LogP contribution in [0.2, 0.25) is 0 Å². The lowest BCUT2D eigenvalue weighted by atomic mass is 9.86. The molecule has 0 spiro atoms. The van der Waals surface area contributed by atoms with Crippen molar-refractivity contribution in [2.75, 3.05) is 6.54 Å². The van der Waals surface area contributed by atoms with Crippen LogP contribution >= 0.6 is 0 Å². The summed E-state index contributed by atoms with van der Waals surface area (Å²) in [6.07, 6.45) is 2.75. The number of nitrogens with one attached hydrogen (secondary N) is 1. The molecule has 0 bridgehead atoms. The molecule has 2 atom stereocenters. The first-order valence-electron chi connectivity index (χ1n) is 6.46. The van der Waals surface area contributed by atoms with Crippen LogP contribution in [0.25, 0.3) is 0 Å². The first-order valence-corrected chi connectivity index (χ1v) is 6.46. The third-order valence-electron chi connectivity index (χ3n) is 3.16. The van der Waals surface area contributed by atoms with Crippen LogP contribution in [-0.2, 0) is 9.53 Å². The summed E-state index contributed by atoms with van der Waals surface area (Å²) in [4.78, 5) is 23.2. The number of carbonyl (C=O) groups excluding carboxylic acids is 1.